The van der Waals surface area contributed by atoms with E-state index in [0.29, 0.717) is 40.2 Å². The molecule has 0 spiro atoms. The van der Waals surface area contributed by atoms with Crippen molar-refractivity contribution >= 4 is 33.5 Å². The number of fused-ring (bicyclic) bond motifs is 2. The first-order valence-electron chi connectivity index (χ1n) is 12.0. The molecule has 0 fully saturated rings. The van der Waals surface area contributed by atoms with E-state index in [1.165, 1.54) is 0 Å². The Labute approximate surface area is 212 Å². The molecule has 0 aliphatic carbocycles. The molecule has 2 heterocycles. The summed E-state index contributed by atoms with van der Waals surface area (Å²) in [4.78, 5) is 35.8. The number of carbonyl (C=O) groups excluding carboxylic acids is 1. The van der Waals surface area contributed by atoms with Gasteiger partial charge < -0.3 is 5.32 Å². The SMILES string of the molecule is O=C(Nc1cccc(-n2c(=O)c(Cc3ccccc3)nc3cccnc32)c1)c1ccc2ccccc2c1. The van der Waals surface area contributed by atoms with Crippen molar-refractivity contribution in [3.05, 3.63) is 143 Å². The molecular weight excluding hydrogens is 460 g/mol. The summed E-state index contributed by atoms with van der Waals surface area (Å²) < 4.78 is 1.56. The van der Waals surface area contributed by atoms with Gasteiger partial charge in [-0.05, 0) is 58.8 Å². The lowest BCUT2D eigenvalue weighted by molar-refractivity contribution is 0.102. The van der Waals surface area contributed by atoms with E-state index in [1.807, 2.05) is 91.0 Å². The molecule has 6 rings (SSSR count). The van der Waals surface area contributed by atoms with Crippen LogP contribution in [-0.4, -0.2) is 20.4 Å². The Morgan fingerprint density at radius 2 is 1.59 bits per heavy atom. The maximum absolute atomic E-state index is 13.6. The van der Waals surface area contributed by atoms with E-state index in [9.17, 15) is 9.59 Å². The van der Waals surface area contributed by atoms with Crippen LogP contribution in [0.1, 0.15) is 21.6 Å². The summed E-state index contributed by atoms with van der Waals surface area (Å²) in [6, 6.07) is 34.2. The Kier molecular flexibility index (Phi) is 5.75. The Bertz CT molecular complexity index is 1830. The fourth-order valence-electron chi connectivity index (χ4n) is 4.47. The first-order valence-corrected chi connectivity index (χ1v) is 12.0. The number of rotatable bonds is 5. The quantitative estimate of drug-likeness (QED) is 0.338. The minimum atomic E-state index is -0.243. The Hall–Kier alpha value is -5.10. The molecule has 0 bridgehead atoms. The van der Waals surface area contributed by atoms with Crippen molar-refractivity contribution in [2.24, 2.45) is 0 Å². The summed E-state index contributed by atoms with van der Waals surface area (Å²) in [5.74, 6) is -0.224. The number of nitrogens with zero attached hydrogens (tertiary/aromatic N) is 3. The van der Waals surface area contributed by atoms with Crippen LogP contribution in [0.4, 0.5) is 5.69 Å². The molecule has 6 heteroatoms. The molecule has 6 aromatic rings. The van der Waals surface area contributed by atoms with Gasteiger partial charge in [0.05, 0.1) is 5.69 Å². The maximum Gasteiger partial charge on any atom is 0.278 e. The fourth-order valence-corrected chi connectivity index (χ4v) is 4.47. The number of pyridine rings is 1. The third-order valence-corrected chi connectivity index (χ3v) is 6.27. The van der Waals surface area contributed by atoms with Crippen molar-refractivity contribution in [2.75, 3.05) is 5.32 Å². The second kappa shape index (κ2) is 9.51. The summed E-state index contributed by atoms with van der Waals surface area (Å²) in [5, 5.41) is 5.03. The van der Waals surface area contributed by atoms with E-state index in [4.69, 9.17) is 0 Å². The summed E-state index contributed by atoms with van der Waals surface area (Å²) in [6.45, 7) is 0. The molecule has 0 atom stereocenters. The summed E-state index contributed by atoms with van der Waals surface area (Å²) in [7, 11) is 0. The predicted octanol–water partition coefficient (Wildman–Crippen LogP) is 5.78. The van der Waals surface area contributed by atoms with Gasteiger partial charge in [-0.25, -0.2) is 9.97 Å². The van der Waals surface area contributed by atoms with Gasteiger partial charge in [0.1, 0.15) is 11.2 Å². The van der Waals surface area contributed by atoms with E-state index >= 15 is 0 Å². The predicted molar refractivity (Wildman–Crippen MR) is 146 cm³/mol. The van der Waals surface area contributed by atoms with Gasteiger partial charge in [-0.2, -0.15) is 0 Å². The van der Waals surface area contributed by atoms with Crippen molar-refractivity contribution in [2.45, 2.75) is 6.42 Å². The van der Waals surface area contributed by atoms with Crippen molar-refractivity contribution in [1.82, 2.24) is 14.5 Å². The van der Waals surface area contributed by atoms with Gasteiger partial charge in [0.15, 0.2) is 5.65 Å². The highest BCUT2D eigenvalue weighted by Gasteiger charge is 2.15. The lowest BCUT2D eigenvalue weighted by Crippen LogP contribution is -2.25. The highest BCUT2D eigenvalue weighted by molar-refractivity contribution is 6.06. The zero-order valence-corrected chi connectivity index (χ0v) is 19.8. The minimum absolute atomic E-state index is 0.224. The van der Waals surface area contributed by atoms with Crippen LogP contribution >= 0.6 is 0 Å². The van der Waals surface area contributed by atoms with Crippen LogP contribution in [-0.2, 0) is 6.42 Å². The molecule has 0 unspecified atom stereocenters. The van der Waals surface area contributed by atoms with Crippen LogP contribution < -0.4 is 10.9 Å². The van der Waals surface area contributed by atoms with Gasteiger partial charge in [0.2, 0.25) is 0 Å². The second-order valence-corrected chi connectivity index (χ2v) is 8.77. The fraction of sp³-hybridized carbons (Fsp3) is 0.0323. The molecule has 6 nitrogen and oxygen atoms in total. The smallest absolute Gasteiger partial charge is 0.278 e. The van der Waals surface area contributed by atoms with Crippen LogP contribution in [0.5, 0.6) is 0 Å². The Morgan fingerprint density at radius 1 is 0.784 bits per heavy atom. The monoisotopic (exact) mass is 482 g/mol. The largest absolute Gasteiger partial charge is 0.322 e. The number of amides is 1. The van der Waals surface area contributed by atoms with Crippen molar-refractivity contribution < 1.29 is 4.79 Å². The molecule has 0 aliphatic rings. The molecule has 0 radical (unpaired) electrons. The first-order chi connectivity index (χ1) is 18.2. The molecule has 2 aromatic heterocycles. The van der Waals surface area contributed by atoms with E-state index < -0.39 is 0 Å². The molecule has 1 N–H and O–H groups in total. The normalized spacial score (nSPS) is 11.0. The van der Waals surface area contributed by atoms with E-state index in [1.54, 1.807) is 29.0 Å². The topological polar surface area (TPSA) is 76.9 Å². The highest BCUT2D eigenvalue weighted by Crippen LogP contribution is 2.20. The lowest BCUT2D eigenvalue weighted by Gasteiger charge is -2.13. The third-order valence-electron chi connectivity index (χ3n) is 6.27. The number of hydrogen-bond donors (Lipinski definition) is 1. The van der Waals surface area contributed by atoms with Gasteiger partial charge in [-0.1, -0.05) is 66.7 Å². The van der Waals surface area contributed by atoms with Crippen LogP contribution in [0.15, 0.2) is 120 Å². The number of carbonyl (C=O) groups is 1. The van der Waals surface area contributed by atoms with Gasteiger partial charge in [-0.15, -0.1) is 0 Å². The molecule has 4 aromatic carbocycles. The lowest BCUT2D eigenvalue weighted by atomic mass is 10.1. The van der Waals surface area contributed by atoms with Crippen molar-refractivity contribution in [1.29, 1.82) is 0 Å². The molecule has 0 aliphatic heterocycles. The van der Waals surface area contributed by atoms with Gasteiger partial charge in [0.25, 0.3) is 11.5 Å². The van der Waals surface area contributed by atoms with Crippen molar-refractivity contribution in [3.8, 4) is 5.69 Å². The summed E-state index contributed by atoms with van der Waals surface area (Å²) in [5.41, 5.74) is 4.00. The van der Waals surface area contributed by atoms with Crippen LogP contribution in [0.3, 0.4) is 0 Å². The van der Waals surface area contributed by atoms with E-state index in [0.717, 1.165) is 16.3 Å². The average molecular weight is 483 g/mol. The van der Waals surface area contributed by atoms with E-state index in [-0.39, 0.29) is 11.5 Å². The number of aromatic nitrogens is 3. The van der Waals surface area contributed by atoms with Crippen LogP contribution in [0.25, 0.3) is 27.6 Å². The first kappa shape index (κ1) is 22.4. The maximum atomic E-state index is 13.6. The standard InChI is InChI=1S/C31H22N4O2/c36-30(24-16-15-22-10-4-5-11-23(22)19-24)33-25-12-6-13-26(20-25)35-29-27(14-7-17-32-29)34-28(31(35)37)18-21-8-2-1-3-9-21/h1-17,19-20H,18H2,(H,33,36). The number of benzene rings is 4. The zero-order chi connectivity index (χ0) is 25.2. The molecule has 0 saturated heterocycles. The Balaban J connectivity index is 1.38. The van der Waals surface area contributed by atoms with Crippen LogP contribution in [0, 0.1) is 0 Å². The van der Waals surface area contributed by atoms with Gasteiger partial charge in [0, 0.05) is 23.9 Å². The number of nitrogens with one attached hydrogen (secondary N) is 1. The number of hydrogen-bond acceptors (Lipinski definition) is 4. The number of anilines is 1. The summed E-state index contributed by atoms with van der Waals surface area (Å²) >= 11 is 0. The van der Waals surface area contributed by atoms with Crippen LogP contribution in [0.2, 0.25) is 0 Å². The molecule has 0 saturated carbocycles. The van der Waals surface area contributed by atoms with Gasteiger partial charge >= 0.3 is 0 Å². The second-order valence-electron chi connectivity index (χ2n) is 8.77. The van der Waals surface area contributed by atoms with Gasteiger partial charge in [-0.3, -0.25) is 14.2 Å². The zero-order valence-electron chi connectivity index (χ0n) is 19.8. The molecule has 1 amide bonds. The minimum Gasteiger partial charge on any atom is -0.322 e. The summed E-state index contributed by atoms with van der Waals surface area (Å²) in [6.07, 6.45) is 2.05. The average Bonchev–Trinajstić information content (AvgIpc) is 2.94. The van der Waals surface area contributed by atoms with E-state index in [2.05, 4.69) is 15.3 Å². The van der Waals surface area contributed by atoms with Crippen molar-refractivity contribution in [3.63, 3.8) is 0 Å². The molecular formula is C31H22N4O2. The highest BCUT2D eigenvalue weighted by atomic mass is 16.1. The molecule has 37 heavy (non-hydrogen) atoms. The Morgan fingerprint density at radius 3 is 2.46 bits per heavy atom. The molecule has 178 valence electrons. The third kappa shape index (κ3) is 4.48.